The maximum absolute atomic E-state index is 5.89. The third-order valence-corrected chi connectivity index (χ3v) is 5.16. The summed E-state index contributed by atoms with van der Waals surface area (Å²) >= 11 is 5.36. The molecule has 19 heavy (non-hydrogen) atoms. The van der Waals surface area contributed by atoms with Crippen molar-refractivity contribution in [3.05, 3.63) is 44.6 Å². The zero-order valence-electron chi connectivity index (χ0n) is 11.5. The van der Waals surface area contributed by atoms with Gasteiger partial charge in [0.15, 0.2) is 0 Å². The molecule has 0 atom stereocenters. The Morgan fingerprint density at radius 2 is 2.11 bits per heavy atom. The highest BCUT2D eigenvalue weighted by molar-refractivity contribution is 9.10. The summed E-state index contributed by atoms with van der Waals surface area (Å²) < 4.78 is 1.01. The highest BCUT2D eigenvalue weighted by atomic mass is 79.9. The van der Waals surface area contributed by atoms with E-state index in [-0.39, 0.29) is 5.41 Å². The van der Waals surface area contributed by atoms with Crippen molar-refractivity contribution in [1.29, 1.82) is 0 Å². The van der Waals surface area contributed by atoms with Gasteiger partial charge in [0.25, 0.3) is 0 Å². The van der Waals surface area contributed by atoms with E-state index in [4.69, 9.17) is 5.73 Å². The van der Waals surface area contributed by atoms with Crippen LogP contribution in [-0.2, 0) is 5.41 Å². The Bertz CT molecular complexity index is 562. The van der Waals surface area contributed by atoms with Crippen molar-refractivity contribution >= 4 is 38.6 Å². The van der Waals surface area contributed by atoms with Crippen LogP contribution >= 0.6 is 27.3 Å². The first-order valence-corrected chi connectivity index (χ1v) is 7.91. The Morgan fingerprint density at radius 1 is 1.37 bits per heavy atom. The van der Waals surface area contributed by atoms with E-state index in [9.17, 15) is 0 Å². The molecular weight excluding hydrogens is 320 g/mol. The second kappa shape index (κ2) is 5.55. The molecular formula is C15H19BrN2S. The van der Waals surface area contributed by atoms with Crippen LogP contribution < -0.4 is 11.1 Å². The quantitative estimate of drug-likeness (QED) is 0.786. The number of nitrogens with one attached hydrogen (secondary N) is 1. The maximum atomic E-state index is 5.89. The molecule has 0 aliphatic carbocycles. The first-order chi connectivity index (χ1) is 8.90. The molecule has 0 saturated heterocycles. The second-order valence-corrected chi connectivity index (χ2v) is 7.21. The molecule has 1 aromatic carbocycles. The number of hydrogen-bond donors (Lipinski definition) is 2. The second-order valence-electron chi connectivity index (χ2n) is 5.40. The molecule has 0 aliphatic heterocycles. The number of nitrogen functional groups attached to an aromatic ring is 1. The van der Waals surface area contributed by atoms with Crippen molar-refractivity contribution in [3.63, 3.8) is 0 Å². The molecule has 2 rings (SSSR count). The molecule has 4 heteroatoms. The topological polar surface area (TPSA) is 38.0 Å². The van der Waals surface area contributed by atoms with Gasteiger partial charge in [-0.1, -0.05) is 19.9 Å². The standard InChI is InChI=1S/C15H19BrN2S/c1-10-7-13(11(16)8-12(10)17)18-9-15(2,3)14-5-4-6-19-14/h4-8,18H,9,17H2,1-3H3. The molecule has 0 spiro atoms. The average Bonchev–Trinajstić information content (AvgIpc) is 2.86. The Labute approximate surface area is 127 Å². The lowest BCUT2D eigenvalue weighted by atomic mass is 9.91. The van der Waals surface area contributed by atoms with Gasteiger partial charge in [0.05, 0.1) is 0 Å². The van der Waals surface area contributed by atoms with E-state index < -0.39 is 0 Å². The van der Waals surface area contributed by atoms with Crippen molar-refractivity contribution in [2.45, 2.75) is 26.2 Å². The van der Waals surface area contributed by atoms with Crippen LogP contribution in [0.2, 0.25) is 0 Å². The zero-order valence-corrected chi connectivity index (χ0v) is 13.9. The van der Waals surface area contributed by atoms with Crippen LogP contribution in [0, 0.1) is 6.92 Å². The molecule has 0 amide bonds. The fraction of sp³-hybridized carbons (Fsp3) is 0.333. The van der Waals surface area contributed by atoms with Crippen LogP contribution in [0.1, 0.15) is 24.3 Å². The summed E-state index contributed by atoms with van der Waals surface area (Å²) in [6.45, 7) is 7.42. The van der Waals surface area contributed by atoms with Gasteiger partial charge in [-0.2, -0.15) is 0 Å². The van der Waals surface area contributed by atoms with Crippen molar-refractivity contribution in [1.82, 2.24) is 0 Å². The van der Waals surface area contributed by atoms with E-state index in [1.807, 2.05) is 13.0 Å². The fourth-order valence-electron chi connectivity index (χ4n) is 1.90. The van der Waals surface area contributed by atoms with Gasteiger partial charge in [-0.15, -0.1) is 11.3 Å². The van der Waals surface area contributed by atoms with E-state index >= 15 is 0 Å². The Balaban J connectivity index is 2.13. The first-order valence-electron chi connectivity index (χ1n) is 6.23. The average molecular weight is 339 g/mol. The largest absolute Gasteiger partial charge is 0.398 e. The minimum atomic E-state index is 0.114. The fourth-order valence-corrected chi connectivity index (χ4v) is 3.25. The van der Waals surface area contributed by atoms with Gasteiger partial charge in [0, 0.05) is 32.7 Å². The summed E-state index contributed by atoms with van der Waals surface area (Å²) in [7, 11) is 0. The predicted molar refractivity (Wildman–Crippen MR) is 89.1 cm³/mol. The Morgan fingerprint density at radius 3 is 2.74 bits per heavy atom. The van der Waals surface area contributed by atoms with Gasteiger partial charge in [0.2, 0.25) is 0 Å². The molecule has 2 aromatic rings. The van der Waals surface area contributed by atoms with Crippen LogP contribution in [0.25, 0.3) is 0 Å². The van der Waals surface area contributed by atoms with Crippen LogP contribution in [0.3, 0.4) is 0 Å². The molecule has 0 saturated carbocycles. The number of hydrogen-bond acceptors (Lipinski definition) is 3. The number of aryl methyl sites for hydroxylation is 1. The Hall–Kier alpha value is -1.00. The van der Waals surface area contributed by atoms with Crippen molar-refractivity contribution in [3.8, 4) is 0 Å². The lowest BCUT2D eigenvalue weighted by Crippen LogP contribution is -2.26. The summed E-state index contributed by atoms with van der Waals surface area (Å²) in [5.74, 6) is 0. The van der Waals surface area contributed by atoms with Crippen molar-refractivity contribution in [2.24, 2.45) is 0 Å². The van der Waals surface area contributed by atoms with E-state index in [0.717, 1.165) is 28.0 Å². The van der Waals surface area contributed by atoms with Gasteiger partial charge in [-0.05, 0) is 52.0 Å². The number of anilines is 2. The van der Waals surface area contributed by atoms with Gasteiger partial charge >= 0.3 is 0 Å². The van der Waals surface area contributed by atoms with Gasteiger partial charge in [-0.25, -0.2) is 0 Å². The third-order valence-electron chi connectivity index (χ3n) is 3.26. The van der Waals surface area contributed by atoms with Gasteiger partial charge in [-0.3, -0.25) is 0 Å². The van der Waals surface area contributed by atoms with E-state index in [2.05, 4.69) is 58.7 Å². The molecule has 2 nitrogen and oxygen atoms in total. The molecule has 102 valence electrons. The van der Waals surface area contributed by atoms with Gasteiger partial charge < -0.3 is 11.1 Å². The number of halogens is 1. The lowest BCUT2D eigenvalue weighted by Gasteiger charge is -2.25. The monoisotopic (exact) mass is 338 g/mol. The van der Waals surface area contributed by atoms with Crippen molar-refractivity contribution in [2.75, 3.05) is 17.6 Å². The highest BCUT2D eigenvalue weighted by Crippen LogP contribution is 2.31. The highest BCUT2D eigenvalue weighted by Gasteiger charge is 2.21. The first kappa shape index (κ1) is 14.4. The molecule has 0 fully saturated rings. The molecule has 1 aromatic heterocycles. The molecule has 0 aliphatic rings. The molecule has 3 N–H and O–H groups in total. The summed E-state index contributed by atoms with van der Waals surface area (Å²) in [4.78, 5) is 1.39. The SMILES string of the molecule is Cc1cc(NCC(C)(C)c2cccs2)c(Br)cc1N. The van der Waals surface area contributed by atoms with Gasteiger partial charge in [0.1, 0.15) is 0 Å². The van der Waals surface area contributed by atoms with Crippen LogP contribution in [0.4, 0.5) is 11.4 Å². The lowest BCUT2D eigenvalue weighted by molar-refractivity contribution is 0.569. The van der Waals surface area contributed by atoms with E-state index in [1.165, 1.54) is 4.88 Å². The molecule has 0 unspecified atom stereocenters. The summed E-state index contributed by atoms with van der Waals surface area (Å²) in [6.07, 6.45) is 0. The number of thiophene rings is 1. The molecule has 0 radical (unpaired) electrons. The van der Waals surface area contributed by atoms with Crippen molar-refractivity contribution < 1.29 is 0 Å². The maximum Gasteiger partial charge on any atom is 0.0489 e. The van der Waals surface area contributed by atoms with Crippen LogP contribution in [0.15, 0.2) is 34.1 Å². The minimum Gasteiger partial charge on any atom is -0.398 e. The normalized spacial score (nSPS) is 11.6. The number of nitrogens with two attached hydrogens (primary N) is 1. The number of benzene rings is 1. The summed E-state index contributed by atoms with van der Waals surface area (Å²) in [6, 6.07) is 8.33. The molecule has 1 heterocycles. The van der Waals surface area contributed by atoms with E-state index in [1.54, 1.807) is 11.3 Å². The smallest absolute Gasteiger partial charge is 0.0489 e. The number of rotatable bonds is 4. The van der Waals surface area contributed by atoms with E-state index in [0.29, 0.717) is 0 Å². The minimum absolute atomic E-state index is 0.114. The zero-order chi connectivity index (χ0) is 14.0. The predicted octanol–water partition coefficient (Wildman–Crippen LogP) is 4.79. The Kier molecular flexibility index (Phi) is 4.21. The summed E-state index contributed by atoms with van der Waals surface area (Å²) in [5, 5.41) is 5.64. The summed E-state index contributed by atoms with van der Waals surface area (Å²) in [5.41, 5.74) is 9.01. The van der Waals surface area contributed by atoms with Crippen LogP contribution in [0.5, 0.6) is 0 Å². The third kappa shape index (κ3) is 3.31. The van der Waals surface area contributed by atoms with Crippen LogP contribution in [-0.4, -0.2) is 6.54 Å². The molecule has 0 bridgehead atoms.